The van der Waals surface area contributed by atoms with Crippen LogP contribution in [0.2, 0.25) is 0 Å². The van der Waals surface area contributed by atoms with Crippen molar-refractivity contribution in [3.05, 3.63) is 41.2 Å². The lowest BCUT2D eigenvalue weighted by Gasteiger charge is -2.08. The standard InChI is InChI=1S/C14H19N3OS/c1-4-11-8-12(17(3)16-11)9-19(18)13-7-5-6-10(2)14(13)15/h5-8H,4,9,15H2,1-3H3. The molecule has 2 aromatic rings. The van der Waals surface area contributed by atoms with Gasteiger partial charge in [-0.2, -0.15) is 5.10 Å². The Morgan fingerprint density at radius 3 is 2.79 bits per heavy atom. The summed E-state index contributed by atoms with van der Waals surface area (Å²) in [6.07, 6.45) is 0.882. The number of anilines is 1. The van der Waals surface area contributed by atoms with Crippen molar-refractivity contribution < 1.29 is 4.21 Å². The summed E-state index contributed by atoms with van der Waals surface area (Å²) in [5, 5.41) is 4.37. The third-order valence-corrected chi connectivity index (χ3v) is 4.60. The molecule has 0 bridgehead atoms. The van der Waals surface area contributed by atoms with Crippen LogP contribution >= 0.6 is 0 Å². The number of nitrogens with zero attached hydrogens (tertiary/aromatic N) is 2. The van der Waals surface area contributed by atoms with Crippen LogP contribution in [0.1, 0.15) is 23.9 Å². The Morgan fingerprint density at radius 1 is 1.42 bits per heavy atom. The van der Waals surface area contributed by atoms with Gasteiger partial charge in [0, 0.05) is 7.05 Å². The van der Waals surface area contributed by atoms with Gasteiger partial charge in [-0.05, 0) is 31.0 Å². The molecule has 2 N–H and O–H groups in total. The Morgan fingerprint density at radius 2 is 2.16 bits per heavy atom. The zero-order valence-electron chi connectivity index (χ0n) is 11.5. The number of para-hydroxylation sites is 1. The van der Waals surface area contributed by atoms with Gasteiger partial charge in [-0.1, -0.05) is 19.1 Å². The molecule has 1 heterocycles. The Kier molecular flexibility index (Phi) is 4.04. The van der Waals surface area contributed by atoms with Crippen LogP contribution in [0, 0.1) is 6.92 Å². The highest BCUT2D eigenvalue weighted by Crippen LogP contribution is 2.22. The summed E-state index contributed by atoms with van der Waals surface area (Å²) in [4.78, 5) is 0.708. The molecule has 4 nitrogen and oxygen atoms in total. The highest BCUT2D eigenvalue weighted by Gasteiger charge is 2.13. The minimum Gasteiger partial charge on any atom is -0.398 e. The van der Waals surface area contributed by atoms with E-state index >= 15 is 0 Å². The minimum atomic E-state index is -1.14. The number of hydrogen-bond acceptors (Lipinski definition) is 3. The lowest BCUT2D eigenvalue weighted by molar-refractivity contribution is 0.675. The molecule has 0 aliphatic heterocycles. The van der Waals surface area contributed by atoms with Gasteiger partial charge < -0.3 is 5.73 Å². The van der Waals surface area contributed by atoms with Crippen molar-refractivity contribution in [3.8, 4) is 0 Å². The fraction of sp³-hybridized carbons (Fsp3) is 0.357. The van der Waals surface area contributed by atoms with Crippen LogP contribution in [-0.4, -0.2) is 14.0 Å². The van der Waals surface area contributed by atoms with Gasteiger partial charge in [0.15, 0.2) is 0 Å². The van der Waals surface area contributed by atoms with Crippen LogP contribution in [-0.2, 0) is 30.0 Å². The smallest absolute Gasteiger partial charge is 0.0703 e. The summed E-state index contributed by atoms with van der Waals surface area (Å²) < 4.78 is 14.2. The Labute approximate surface area is 116 Å². The summed E-state index contributed by atoms with van der Waals surface area (Å²) in [6, 6.07) is 7.65. The summed E-state index contributed by atoms with van der Waals surface area (Å²) >= 11 is 0. The van der Waals surface area contributed by atoms with E-state index < -0.39 is 10.8 Å². The lowest BCUT2D eigenvalue weighted by Crippen LogP contribution is -2.05. The second kappa shape index (κ2) is 5.57. The third-order valence-electron chi connectivity index (χ3n) is 3.20. The van der Waals surface area contributed by atoms with Gasteiger partial charge >= 0.3 is 0 Å². The molecule has 19 heavy (non-hydrogen) atoms. The molecular formula is C14H19N3OS. The Bertz CT molecular complexity index is 619. The lowest BCUT2D eigenvalue weighted by atomic mass is 10.2. The molecular weight excluding hydrogens is 258 g/mol. The Hall–Kier alpha value is -1.62. The van der Waals surface area contributed by atoms with E-state index in [0.717, 1.165) is 23.4 Å². The van der Waals surface area contributed by atoms with E-state index in [0.29, 0.717) is 16.3 Å². The largest absolute Gasteiger partial charge is 0.398 e. The summed E-state index contributed by atoms with van der Waals surface area (Å²) in [5.41, 5.74) is 9.57. The number of nitrogen functional groups attached to an aromatic ring is 1. The van der Waals surface area contributed by atoms with Crippen molar-refractivity contribution >= 4 is 16.5 Å². The van der Waals surface area contributed by atoms with Gasteiger partial charge in [0.05, 0.1) is 38.5 Å². The molecule has 0 saturated carbocycles. The topological polar surface area (TPSA) is 60.9 Å². The zero-order chi connectivity index (χ0) is 14.0. The summed E-state index contributed by atoms with van der Waals surface area (Å²) in [7, 11) is 0.739. The van der Waals surface area contributed by atoms with Crippen LogP contribution in [0.5, 0.6) is 0 Å². The maximum absolute atomic E-state index is 12.4. The molecule has 2 rings (SSSR count). The first-order valence-electron chi connectivity index (χ1n) is 6.28. The van der Waals surface area contributed by atoms with E-state index in [1.807, 2.05) is 38.2 Å². The maximum atomic E-state index is 12.4. The molecule has 1 atom stereocenters. The van der Waals surface area contributed by atoms with E-state index in [9.17, 15) is 4.21 Å². The predicted octanol–water partition coefficient (Wildman–Crippen LogP) is 2.18. The molecule has 102 valence electrons. The van der Waals surface area contributed by atoms with E-state index in [-0.39, 0.29) is 0 Å². The number of hydrogen-bond donors (Lipinski definition) is 1. The fourth-order valence-corrected chi connectivity index (χ4v) is 3.27. The van der Waals surface area contributed by atoms with Gasteiger partial charge in [-0.25, -0.2) is 0 Å². The fourth-order valence-electron chi connectivity index (χ4n) is 1.94. The molecule has 0 aliphatic rings. The number of nitrogens with two attached hydrogens (primary N) is 1. The molecule has 1 aromatic carbocycles. The second-order valence-corrected chi connectivity index (χ2v) is 6.00. The van der Waals surface area contributed by atoms with Crippen molar-refractivity contribution in [2.45, 2.75) is 30.9 Å². The molecule has 1 aromatic heterocycles. The molecule has 1 unspecified atom stereocenters. The van der Waals surface area contributed by atoms with E-state index in [1.54, 1.807) is 4.68 Å². The van der Waals surface area contributed by atoms with Gasteiger partial charge in [0.25, 0.3) is 0 Å². The first-order chi connectivity index (χ1) is 9.02. The molecule has 5 heteroatoms. The quantitative estimate of drug-likeness (QED) is 0.871. The molecule has 0 radical (unpaired) electrons. The first-order valence-corrected chi connectivity index (χ1v) is 7.60. The number of benzene rings is 1. The van der Waals surface area contributed by atoms with Gasteiger partial charge in [-0.15, -0.1) is 0 Å². The van der Waals surface area contributed by atoms with Crippen LogP contribution in [0.25, 0.3) is 0 Å². The van der Waals surface area contributed by atoms with Gasteiger partial charge in [-0.3, -0.25) is 8.89 Å². The third kappa shape index (κ3) is 2.87. The number of rotatable bonds is 4. The van der Waals surface area contributed by atoms with Crippen molar-refractivity contribution in [2.75, 3.05) is 5.73 Å². The van der Waals surface area contributed by atoms with Gasteiger partial charge in [0.1, 0.15) is 0 Å². The number of aryl methyl sites for hydroxylation is 3. The molecule has 0 aliphatic carbocycles. The highest BCUT2D eigenvalue weighted by atomic mass is 32.2. The van der Waals surface area contributed by atoms with E-state index in [1.165, 1.54) is 0 Å². The Balaban J connectivity index is 2.25. The highest BCUT2D eigenvalue weighted by molar-refractivity contribution is 7.84. The molecule has 0 amide bonds. The van der Waals surface area contributed by atoms with E-state index in [4.69, 9.17) is 5.73 Å². The SMILES string of the molecule is CCc1cc(CS(=O)c2cccc(C)c2N)n(C)n1. The normalized spacial score (nSPS) is 12.6. The van der Waals surface area contributed by atoms with Gasteiger partial charge in [0.2, 0.25) is 0 Å². The van der Waals surface area contributed by atoms with Crippen LogP contribution in [0.3, 0.4) is 0 Å². The van der Waals surface area contributed by atoms with Crippen LogP contribution in [0.4, 0.5) is 5.69 Å². The molecule has 0 spiro atoms. The van der Waals surface area contributed by atoms with E-state index in [2.05, 4.69) is 12.0 Å². The molecule has 0 saturated heterocycles. The van der Waals surface area contributed by atoms with Crippen LogP contribution in [0.15, 0.2) is 29.2 Å². The van der Waals surface area contributed by atoms with Crippen molar-refractivity contribution in [3.63, 3.8) is 0 Å². The van der Waals surface area contributed by atoms with Crippen molar-refractivity contribution in [1.29, 1.82) is 0 Å². The predicted molar refractivity (Wildman–Crippen MR) is 78.3 cm³/mol. The average molecular weight is 277 g/mol. The average Bonchev–Trinajstić information content (AvgIpc) is 2.73. The maximum Gasteiger partial charge on any atom is 0.0703 e. The summed E-state index contributed by atoms with van der Waals surface area (Å²) in [5.74, 6) is 0.442. The van der Waals surface area contributed by atoms with Crippen molar-refractivity contribution in [2.24, 2.45) is 7.05 Å². The minimum absolute atomic E-state index is 0.442. The van der Waals surface area contributed by atoms with Crippen molar-refractivity contribution in [1.82, 2.24) is 9.78 Å². The zero-order valence-corrected chi connectivity index (χ0v) is 12.3. The van der Waals surface area contributed by atoms with Crippen LogP contribution < -0.4 is 5.73 Å². The second-order valence-electron chi connectivity index (χ2n) is 4.58. The molecule has 0 fully saturated rings. The number of aromatic nitrogens is 2. The first kappa shape index (κ1) is 13.8. The summed E-state index contributed by atoms with van der Waals surface area (Å²) in [6.45, 7) is 3.98. The monoisotopic (exact) mass is 277 g/mol.